The van der Waals surface area contributed by atoms with Crippen LogP contribution < -0.4 is 10.1 Å². The molecule has 1 amide bonds. The largest absolute Gasteiger partial charge is 0.488 e. The Morgan fingerprint density at radius 1 is 1.07 bits per heavy atom. The molecule has 0 saturated heterocycles. The number of benzene rings is 3. The van der Waals surface area contributed by atoms with Crippen LogP contribution in [0.25, 0.3) is 0 Å². The molecule has 0 fully saturated rings. The maximum atomic E-state index is 11.8. The third-order valence-corrected chi connectivity index (χ3v) is 4.66. The summed E-state index contributed by atoms with van der Waals surface area (Å²) in [6, 6.07) is 22.3. The minimum Gasteiger partial charge on any atom is -0.488 e. The second kappa shape index (κ2) is 10.6. The first kappa shape index (κ1) is 20.9. The van der Waals surface area contributed by atoms with Crippen LogP contribution in [-0.2, 0) is 16.2 Å². The van der Waals surface area contributed by atoms with E-state index in [0.717, 1.165) is 21.3 Å². The van der Waals surface area contributed by atoms with Crippen molar-refractivity contribution in [2.24, 2.45) is 5.16 Å². The van der Waals surface area contributed by atoms with Crippen LogP contribution in [0.3, 0.4) is 0 Å². The minimum absolute atomic E-state index is 0.196. The van der Waals surface area contributed by atoms with Gasteiger partial charge in [0.05, 0.1) is 10.7 Å². The van der Waals surface area contributed by atoms with Gasteiger partial charge in [0.1, 0.15) is 12.4 Å². The molecular formula is C22H18BrClN2O3. The van der Waals surface area contributed by atoms with Gasteiger partial charge < -0.3 is 14.9 Å². The molecule has 0 aliphatic heterocycles. The zero-order valence-electron chi connectivity index (χ0n) is 15.3. The van der Waals surface area contributed by atoms with Gasteiger partial charge in [0.2, 0.25) is 0 Å². The second-order valence-corrected chi connectivity index (χ2v) is 7.32. The highest BCUT2D eigenvalue weighted by atomic mass is 79.9. The third kappa shape index (κ3) is 6.93. The Labute approximate surface area is 182 Å². The van der Waals surface area contributed by atoms with Gasteiger partial charge in [-0.2, -0.15) is 0 Å². The van der Waals surface area contributed by atoms with Gasteiger partial charge in [-0.1, -0.05) is 47.1 Å². The lowest BCUT2D eigenvalue weighted by molar-refractivity contribution is -0.120. The molecular weight excluding hydrogens is 456 g/mol. The van der Waals surface area contributed by atoms with E-state index in [0.29, 0.717) is 17.3 Å². The molecule has 0 aliphatic rings. The molecule has 0 spiro atoms. The highest BCUT2D eigenvalue weighted by molar-refractivity contribution is 9.10. The molecule has 3 rings (SSSR count). The van der Waals surface area contributed by atoms with Crippen molar-refractivity contribution in [2.75, 3.05) is 11.9 Å². The van der Waals surface area contributed by atoms with Gasteiger partial charge in [-0.25, -0.2) is 0 Å². The first-order valence-electron chi connectivity index (χ1n) is 8.77. The van der Waals surface area contributed by atoms with Crippen molar-refractivity contribution in [2.45, 2.75) is 6.61 Å². The Hall–Kier alpha value is -2.83. The van der Waals surface area contributed by atoms with Crippen molar-refractivity contribution in [1.82, 2.24) is 0 Å². The fourth-order valence-corrected chi connectivity index (χ4v) is 3.01. The Kier molecular flexibility index (Phi) is 7.67. The molecule has 1 N–H and O–H groups in total. The lowest BCUT2D eigenvalue weighted by Crippen LogP contribution is -2.16. The van der Waals surface area contributed by atoms with Crippen LogP contribution in [0.4, 0.5) is 5.69 Å². The van der Waals surface area contributed by atoms with E-state index in [2.05, 4.69) is 26.4 Å². The molecule has 148 valence electrons. The average molecular weight is 474 g/mol. The highest BCUT2D eigenvalue weighted by Gasteiger charge is 2.04. The maximum Gasteiger partial charge on any atom is 0.265 e. The first-order valence-corrected chi connectivity index (χ1v) is 9.94. The van der Waals surface area contributed by atoms with Crippen LogP contribution in [0.5, 0.6) is 5.75 Å². The molecule has 29 heavy (non-hydrogen) atoms. The maximum absolute atomic E-state index is 11.8. The Morgan fingerprint density at radius 3 is 2.55 bits per heavy atom. The molecule has 0 heterocycles. The van der Waals surface area contributed by atoms with Crippen LogP contribution in [0, 0.1) is 0 Å². The van der Waals surface area contributed by atoms with Crippen molar-refractivity contribution in [1.29, 1.82) is 0 Å². The van der Waals surface area contributed by atoms with Gasteiger partial charge in [-0.15, -0.1) is 0 Å². The number of carbonyl (C=O) groups is 1. The number of ether oxygens (including phenoxy) is 1. The first-order chi connectivity index (χ1) is 14.1. The Morgan fingerprint density at radius 2 is 1.83 bits per heavy atom. The molecule has 3 aromatic rings. The quantitative estimate of drug-likeness (QED) is 0.339. The summed E-state index contributed by atoms with van der Waals surface area (Å²) in [6.45, 7) is 0.289. The predicted molar refractivity (Wildman–Crippen MR) is 119 cm³/mol. The molecule has 0 radical (unpaired) electrons. The molecule has 0 unspecified atom stereocenters. The second-order valence-electron chi connectivity index (χ2n) is 6.03. The number of nitrogens with zero attached hydrogens (tertiary/aromatic N) is 1. The summed E-state index contributed by atoms with van der Waals surface area (Å²) < 4.78 is 6.62. The van der Waals surface area contributed by atoms with E-state index in [1.165, 1.54) is 6.21 Å². The van der Waals surface area contributed by atoms with Crippen molar-refractivity contribution >= 4 is 45.3 Å². The highest BCUT2D eigenvalue weighted by Crippen LogP contribution is 2.26. The molecule has 0 aliphatic carbocycles. The molecule has 0 saturated carbocycles. The third-order valence-electron chi connectivity index (χ3n) is 3.79. The number of anilines is 1. The Balaban J connectivity index is 1.46. The summed E-state index contributed by atoms with van der Waals surface area (Å²) in [5.41, 5.74) is 2.54. The summed E-state index contributed by atoms with van der Waals surface area (Å²) in [5, 5.41) is 7.13. The SMILES string of the molecule is O=C(CON=Cc1ccc(OCc2ccccc2)c(Br)c1)Nc1ccc(Cl)cc1. The van der Waals surface area contributed by atoms with Crippen LogP contribution in [0.1, 0.15) is 11.1 Å². The van der Waals surface area contributed by atoms with E-state index in [9.17, 15) is 4.79 Å². The van der Waals surface area contributed by atoms with Crippen LogP contribution >= 0.6 is 27.5 Å². The molecule has 0 bridgehead atoms. The summed E-state index contributed by atoms with van der Waals surface area (Å²) >= 11 is 9.30. The van der Waals surface area contributed by atoms with E-state index in [4.69, 9.17) is 21.2 Å². The minimum atomic E-state index is -0.310. The van der Waals surface area contributed by atoms with Crippen molar-refractivity contribution in [3.63, 3.8) is 0 Å². The molecule has 5 nitrogen and oxygen atoms in total. The van der Waals surface area contributed by atoms with Gasteiger partial charge in [-0.3, -0.25) is 4.79 Å². The van der Waals surface area contributed by atoms with E-state index in [-0.39, 0.29) is 12.5 Å². The predicted octanol–water partition coefficient (Wildman–Crippen LogP) is 5.67. The number of oxime groups is 1. The van der Waals surface area contributed by atoms with Gasteiger partial charge in [0, 0.05) is 10.7 Å². The Bertz CT molecular complexity index is 979. The monoisotopic (exact) mass is 472 g/mol. The van der Waals surface area contributed by atoms with Gasteiger partial charge in [-0.05, 0) is 69.5 Å². The van der Waals surface area contributed by atoms with Gasteiger partial charge in [0.25, 0.3) is 5.91 Å². The number of hydrogen-bond donors (Lipinski definition) is 1. The van der Waals surface area contributed by atoms with Crippen LogP contribution in [0.2, 0.25) is 5.02 Å². The zero-order valence-corrected chi connectivity index (χ0v) is 17.7. The van der Waals surface area contributed by atoms with Gasteiger partial charge in [0.15, 0.2) is 6.61 Å². The standard InChI is InChI=1S/C22H18BrClN2O3/c23-20-12-17(6-11-21(20)28-14-16-4-2-1-3-5-16)13-25-29-15-22(27)26-19-9-7-18(24)8-10-19/h1-13H,14-15H2,(H,26,27). The van der Waals surface area contributed by atoms with Crippen molar-refractivity contribution < 1.29 is 14.4 Å². The zero-order chi connectivity index (χ0) is 20.5. The fourth-order valence-electron chi connectivity index (χ4n) is 2.37. The number of halogens is 2. The normalized spacial score (nSPS) is 10.7. The number of rotatable bonds is 8. The average Bonchev–Trinajstić information content (AvgIpc) is 2.73. The lowest BCUT2D eigenvalue weighted by atomic mass is 10.2. The topological polar surface area (TPSA) is 59.9 Å². The molecule has 0 aromatic heterocycles. The number of amides is 1. The van der Waals surface area contributed by atoms with Gasteiger partial charge >= 0.3 is 0 Å². The molecule has 0 atom stereocenters. The van der Waals surface area contributed by atoms with E-state index in [1.807, 2.05) is 48.5 Å². The number of hydrogen-bond acceptors (Lipinski definition) is 4. The number of carbonyl (C=O) groups excluding carboxylic acids is 1. The van der Waals surface area contributed by atoms with E-state index >= 15 is 0 Å². The van der Waals surface area contributed by atoms with Crippen LogP contribution in [0.15, 0.2) is 82.4 Å². The van der Waals surface area contributed by atoms with Crippen LogP contribution in [-0.4, -0.2) is 18.7 Å². The molecule has 7 heteroatoms. The van der Waals surface area contributed by atoms with Crippen molar-refractivity contribution in [3.8, 4) is 5.75 Å². The summed E-state index contributed by atoms with van der Waals surface area (Å²) in [5.74, 6) is 0.421. The van der Waals surface area contributed by atoms with E-state index in [1.54, 1.807) is 24.3 Å². The summed E-state index contributed by atoms with van der Waals surface area (Å²) in [4.78, 5) is 16.9. The number of nitrogens with one attached hydrogen (secondary N) is 1. The van der Waals surface area contributed by atoms with Crippen molar-refractivity contribution in [3.05, 3.63) is 93.4 Å². The smallest absolute Gasteiger partial charge is 0.265 e. The van der Waals surface area contributed by atoms with E-state index < -0.39 is 0 Å². The lowest BCUT2D eigenvalue weighted by Gasteiger charge is -2.08. The summed E-state index contributed by atoms with van der Waals surface area (Å²) in [7, 11) is 0. The fraction of sp³-hybridized carbons (Fsp3) is 0.0909. The summed E-state index contributed by atoms with van der Waals surface area (Å²) in [6.07, 6.45) is 1.53. The molecule has 3 aromatic carbocycles.